The molecule has 3 heteroatoms. The van der Waals surface area contributed by atoms with E-state index < -0.39 is 5.97 Å². The van der Waals surface area contributed by atoms with Crippen LogP contribution in [0.4, 0.5) is 0 Å². The van der Waals surface area contributed by atoms with E-state index in [9.17, 15) is 0 Å². The van der Waals surface area contributed by atoms with Crippen LogP contribution in [0.5, 0.6) is 0 Å². The maximum atomic E-state index is 6.39. The van der Waals surface area contributed by atoms with Crippen LogP contribution < -0.4 is 0 Å². The van der Waals surface area contributed by atoms with Gasteiger partial charge in [-0.2, -0.15) is 0 Å². The number of allylic oxidation sites excluding steroid dienone is 1. The minimum absolute atomic E-state index is 0.132. The number of ether oxygens (including phenoxy) is 3. The molecule has 140 valence electrons. The molecule has 0 N–H and O–H groups in total. The highest BCUT2D eigenvalue weighted by molar-refractivity contribution is 5.62. The lowest BCUT2D eigenvalue weighted by Gasteiger charge is -2.36. The Labute approximate surface area is 165 Å². The van der Waals surface area contributed by atoms with Crippen LogP contribution in [-0.4, -0.2) is 12.6 Å². The van der Waals surface area contributed by atoms with Crippen molar-refractivity contribution in [1.29, 1.82) is 0 Å². The molecule has 3 aromatic carbocycles. The second-order valence-corrected chi connectivity index (χ2v) is 7.23. The standard InChI is InChI=1S/C25H22O3/c1-4-10-19(11-5-1)22-16-23(20-12-6-2-7-13-20)27-25(17-22)26-18-24(28-25)21-14-8-3-9-15-21/h1-16,22,24H,17-18H2/t22-,24-,25+/m0/s1. The fraction of sp³-hybridized carbons (Fsp3) is 0.200. The van der Waals surface area contributed by atoms with Crippen LogP contribution in [0.3, 0.4) is 0 Å². The highest BCUT2D eigenvalue weighted by Crippen LogP contribution is 2.47. The normalized spacial score (nSPS) is 26.6. The van der Waals surface area contributed by atoms with Crippen molar-refractivity contribution in [3.8, 4) is 0 Å². The van der Waals surface area contributed by atoms with Crippen molar-refractivity contribution in [2.24, 2.45) is 0 Å². The van der Waals surface area contributed by atoms with E-state index in [1.807, 2.05) is 42.5 Å². The summed E-state index contributed by atoms with van der Waals surface area (Å²) in [6, 6.07) is 30.8. The molecule has 1 fully saturated rings. The molecule has 0 aliphatic carbocycles. The van der Waals surface area contributed by atoms with Gasteiger partial charge in [-0.15, -0.1) is 0 Å². The van der Waals surface area contributed by atoms with E-state index >= 15 is 0 Å². The summed E-state index contributed by atoms with van der Waals surface area (Å²) >= 11 is 0. The van der Waals surface area contributed by atoms with Gasteiger partial charge in [0.1, 0.15) is 11.9 Å². The summed E-state index contributed by atoms with van der Waals surface area (Å²) in [7, 11) is 0. The molecule has 0 saturated carbocycles. The highest BCUT2D eigenvalue weighted by Gasteiger charge is 2.49. The number of benzene rings is 3. The minimum Gasteiger partial charge on any atom is -0.439 e. The van der Waals surface area contributed by atoms with Crippen molar-refractivity contribution < 1.29 is 14.2 Å². The lowest BCUT2D eigenvalue weighted by atomic mass is 9.91. The van der Waals surface area contributed by atoms with Crippen molar-refractivity contribution >= 4 is 5.76 Å². The first kappa shape index (κ1) is 17.2. The summed E-state index contributed by atoms with van der Waals surface area (Å²) in [4.78, 5) is 0. The Morgan fingerprint density at radius 1 is 0.714 bits per heavy atom. The highest BCUT2D eigenvalue weighted by atomic mass is 16.9. The molecule has 0 radical (unpaired) electrons. The Balaban J connectivity index is 1.49. The first-order chi connectivity index (χ1) is 13.8. The molecule has 0 amide bonds. The average Bonchev–Trinajstić information content (AvgIpc) is 3.18. The van der Waals surface area contributed by atoms with Gasteiger partial charge in [0.15, 0.2) is 0 Å². The molecule has 1 spiro atoms. The molecule has 0 aromatic heterocycles. The summed E-state index contributed by atoms with van der Waals surface area (Å²) < 4.78 is 18.9. The molecule has 2 aliphatic heterocycles. The van der Waals surface area contributed by atoms with Crippen molar-refractivity contribution in [3.05, 3.63) is 114 Å². The van der Waals surface area contributed by atoms with E-state index in [1.165, 1.54) is 5.56 Å². The molecule has 2 aliphatic rings. The van der Waals surface area contributed by atoms with Gasteiger partial charge in [0.05, 0.1) is 13.0 Å². The quantitative estimate of drug-likeness (QED) is 0.594. The van der Waals surface area contributed by atoms with Gasteiger partial charge in [0.2, 0.25) is 0 Å². The first-order valence-electron chi connectivity index (χ1n) is 9.69. The summed E-state index contributed by atoms with van der Waals surface area (Å²) in [5, 5.41) is 0. The molecule has 2 heterocycles. The largest absolute Gasteiger partial charge is 0.439 e. The van der Waals surface area contributed by atoms with Gasteiger partial charge in [-0.05, 0) is 17.2 Å². The molecule has 1 saturated heterocycles. The Morgan fingerprint density at radius 3 is 2.00 bits per heavy atom. The Kier molecular flexibility index (Phi) is 4.47. The fourth-order valence-corrected chi connectivity index (χ4v) is 3.91. The van der Waals surface area contributed by atoms with E-state index in [0.717, 1.165) is 16.9 Å². The van der Waals surface area contributed by atoms with Crippen molar-refractivity contribution in [2.75, 3.05) is 6.61 Å². The third-order valence-corrected chi connectivity index (χ3v) is 5.32. The topological polar surface area (TPSA) is 27.7 Å². The number of hydrogen-bond donors (Lipinski definition) is 0. The van der Waals surface area contributed by atoms with Crippen LogP contribution >= 0.6 is 0 Å². The monoisotopic (exact) mass is 370 g/mol. The van der Waals surface area contributed by atoms with Gasteiger partial charge in [-0.25, -0.2) is 0 Å². The molecule has 5 rings (SSSR count). The molecule has 3 atom stereocenters. The molecule has 3 nitrogen and oxygen atoms in total. The lowest BCUT2D eigenvalue weighted by molar-refractivity contribution is -0.316. The molecular weight excluding hydrogens is 348 g/mol. The van der Waals surface area contributed by atoms with Crippen LogP contribution in [0.25, 0.3) is 5.76 Å². The Morgan fingerprint density at radius 2 is 1.32 bits per heavy atom. The SMILES string of the molecule is C1=C(c2ccccc2)O[C@@]2(C[C@H]1c1ccccc1)OC[C@@H](c1ccccc1)O2. The Hall–Kier alpha value is -2.88. The van der Waals surface area contributed by atoms with Gasteiger partial charge in [-0.3, -0.25) is 0 Å². The van der Waals surface area contributed by atoms with Gasteiger partial charge >= 0.3 is 5.97 Å². The van der Waals surface area contributed by atoms with Crippen LogP contribution in [0.15, 0.2) is 97.1 Å². The van der Waals surface area contributed by atoms with Crippen molar-refractivity contribution in [3.63, 3.8) is 0 Å². The molecule has 28 heavy (non-hydrogen) atoms. The van der Waals surface area contributed by atoms with E-state index in [4.69, 9.17) is 14.2 Å². The van der Waals surface area contributed by atoms with Crippen LogP contribution in [-0.2, 0) is 14.2 Å². The third-order valence-electron chi connectivity index (χ3n) is 5.32. The molecular formula is C25H22O3. The van der Waals surface area contributed by atoms with Crippen LogP contribution in [0.2, 0.25) is 0 Å². The predicted octanol–water partition coefficient (Wildman–Crippen LogP) is 5.67. The van der Waals surface area contributed by atoms with E-state index in [0.29, 0.717) is 13.0 Å². The summed E-state index contributed by atoms with van der Waals surface area (Å²) in [5.41, 5.74) is 3.36. The zero-order valence-corrected chi connectivity index (χ0v) is 15.5. The smallest absolute Gasteiger partial charge is 0.328 e. The first-order valence-corrected chi connectivity index (χ1v) is 9.69. The van der Waals surface area contributed by atoms with Crippen LogP contribution in [0, 0.1) is 0 Å². The predicted molar refractivity (Wildman–Crippen MR) is 108 cm³/mol. The zero-order chi connectivity index (χ0) is 18.8. The average molecular weight is 370 g/mol. The molecule has 0 unspecified atom stereocenters. The van der Waals surface area contributed by atoms with E-state index in [1.54, 1.807) is 0 Å². The second kappa shape index (κ2) is 7.27. The fourth-order valence-electron chi connectivity index (χ4n) is 3.91. The van der Waals surface area contributed by atoms with Gasteiger partial charge in [0.25, 0.3) is 0 Å². The van der Waals surface area contributed by atoms with Crippen molar-refractivity contribution in [1.82, 2.24) is 0 Å². The minimum atomic E-state index is -1.07. The Bertz CT molecular complexity index is 953. The maximum Gasteiger partial charge on any atom is 0.328 e. The maximum absolute atomic E-state index is 6.39. The summed E-state index contributed by atoms with van der Waals surface area (Å²) in [5.74, 6) is -0.116. The number of rotatable bonds is 3. The van der Waals surface area contributed by atoms with Gasteiger partial charge in [-0.1, -0.05) is 91.0 Å². The van der Waals surface area contributed by atoms with Crippen molar-refractivity contribution in [2.45, 2.75) is 24.4 Å². The van der Waals surface area contributed by atoms with E-state index in [-0.39, 0.29) is 12.0 Å². The molecule has 0 bridgehead atoms. The summed E-state index contributed by atoms with van der Waals surface area (Å²) in [6.07, 6.45) is 2.67. The number of hydrogen-bond acceptors (Lipinski definition) is 3. The van der Waals surface area contributed by atoms with Gasteiger partial charge < -0.3 is 14.2 Å². The molecule has 3 aromatic rings. The van der Waals surface area contributed by atoms with E-state index in [2.05, 4.69) is 54.6 Å². The van der Waals surface area contributed by atoms with Crippen LogP contribution in [0.1, 0.15) is 35.1 Å². The lowest BCUT2D eigenvalue weighted by Crippen LogP contribution is -2.37. The van der Waals surface area contributed by atoms with Gasteiger partial charge in [0, 0.05) is 11.5 Å². The second-order valence-electron chi connectivity index (χ2n) is 7.23. The zero-order valence-electron chi connectivity index (χ0n) is 15.5. The summed E-state index contributed by atoms with van der Waals surface area (Å²) in [6.45, 7) is 0.480. The third kappa shape index (κ3) is 3.35.